The number of hydrogen-bond donors (Lipinski definition) is 4. The van der Waals surface area contributed by atoms with Gasteiger partial charge >= 0.3 is 5.97 Å². The molecule has 4 aliphatic rings. The highest BCUT2D eigenvalue weighted by atomic mass is 16.7. The molecule has 0 amide bonds. The molecule has 1 spiro atoms. The van der Waals surface area contributed by atoms with Crippen LogP contribution in [0.5, 0.6) is 0 Å². The van der Waals surface area contributed by atoms with Gasteiger partial charge in [0.1, 0.15) is 12.2 Å². The van der Waals surface area contributed by atoms with Crippen LogP contribution in [-0.4, -0.2) is 127 Å². The Balaban J connectivity index is 1.57. The molecule has 4 aliphatic heterocycles. The Labute approximate surface area is 372 Å². The standard InChI is InChI=1S/C50H82O12/c1-11-18-34(5)47-49(60-47)48(58-10)36(7)42-21-17-26-50(61-42)30-45-35(6)44(62-50)29-40(53)31(2)19-15-13-12-14-16-20-43(57-9)41(54)28-39(52)32(3)22-24-37(56-8)27-38(51)33(4)23-25-46(55)59-45/h12-16,19,22-25,31-45,47-49,51-54H,11,17-18,20-21,26-30H2,1-10H3/b13-12-,16-14+,19-15+,24-22+,25-23-. The lowest BCUT2D eigenvalue weighted by Gasteiger charge is -2.51. The molecule has 2 bridgehead atoms. The number of allylic oxidation sites excluding steroid dienone is 4. The number of carbonyl (C=O) groups excluding carboxylic acids is 1. The van der Waals surface area contributed by atoms with Gasteiger partial charge in [0, 0.05) is 89.1 Å². The molecular formula is C50H82O12. The molecule has 0 radical (unpaired) electrons. The molecule has 12 heteroatoms. The van der Waals surface area contributed by atoms with E-state index in [1.807, 2.05) is 76.3 Å². The summed E-state index contributed by atoms with van der Waals surface area (Å²) in [4.78, 5) is 13.6. The van der Waals surface area contributed by atoms with E-state index in [-0.39, 0.29) is 60.9 Å². The van der Waals surface area contributed by atoms with Crippen molar-refractivity contribution >= 4 is 5.97 Å². The molecule has 0 aromatic rings. The van der Waals surface area contributed by atoms with Crippen LogP contribution in [0.1, 0.15) is 113 Å². The van der Waals surface area contributed by atoms with E-state index in [1.54, 1.807) is 27.4 Å². The van der Waals surface area contributed by atoms with Gasteiger partial charge in [-0.1, -0.05) is 110 Å². The molecule has 0 saturated carbocycles. The molecule has 354 valence electrons. The molecule has 4 N–H and O–H groups in total. The van der Waals surface area contributed by atoms with E-state index in [1.165, 1.54) is 6.08 Å². The van der Waals surface area contributed by atoms with Gasteiger partial charge in [-0.2, -0.15) is 0 Å². The van der Waals surface area contributed by atoms with E-state index in [0.29, 0.717) is 31.6 Å². The van der Waals surface area contributed by atoms with Gasteiger partial charge in [-0.3, -0.25) is 0 Å². The highest BCUT2D eigenvalue weighted by molar-refractivity contribution is 5.82. The van der Waals surface area contributed by atoms with Crippen LogP contribution in [0.25, 0.3) is 0 Å². The number of hydrogen-bond acceptors (Lipinski definition) is 12. The lowest BCUT2D eigenvalue weighted by molar-refractivity contribution is -0.347. The van der Waals surface area contributed by atoms with Gasteiger partial charge in [0.05, 0.1) is 61.0 Å². The second-order valence-corrected chi connectivity index (χ2v) is 18.8. The highest BCUT2D eigenvalue weighted by Gasteiger charge is 2.55. The zero-order valence-corrected chi connectivity index (χ0v) is 39.3. The van der Waals surface area contributed by atoms with Crippen LogP contribution in [0.4, 0.5) is 0 Å². The summed E-state index contributed by atoms with van der Waals surface area (Å²) in [5, 5.41) is 44.5. The Morgan fingerprint density at radius 1 is 0.774 bits per heavy atom. The molecular weight excluding hydrogens is 793 g/mol. The fraction of sp³-hybridized carbons (Fsp3) is 0.780. The summed E-state index contributed by atoms with van der Waals surface area (Å²) in [6, 6.07) is 0. The number of aliphatic hydroxyl groups excluding tert-OH is 4. The maximum Gasteiger partial charge on any atom is 0.330 e. The third-order valence-corrected chi connectivity index (χ3v) is 14.0. The van der Waals surface area contributed by atoms with Crippen molar-refractivity contribution in [1.82, 2.24) is 0 Å². The van der Waals surface area contributed by atoms with Gasteiger partial charge < -0.3 is 53.6 Å². The molecule has 0 aliphatic carbocycles. The van der Waals surface area contributed by atoms with Crippen LogP contribution in [0.15, 0.2) is 60.8 Å². The number of methoxy groups -OCH3 is 3. The van der Waals surface area contributed by atoms with Crippen molar-refractivity contribution in [2.24, 2.45) is 35.5 Å². The first kappa shape index (κ1) is 52.4. The van der Waals surface area contributed by atoms with Crippen molar-refractivity contribution in [1.29, 1.82) is 0 Å². The molecule has 12 nitrogen and oxygen atoms in total. The van der Waals surface area contributed by atoms with Crippen molar-refractivity contribution in [2.75, 3.05) is 21.3 Å². The molecule has 19 unspecified atom stereocenters. The summed E-state index contributed by atoms with van der Waals surface area (Å²) >= 11 is 0. The summed E-state index contributed by atoms with van der Waals surface area (Å²) in [6.07, 6.45) is 18.7. The maximum absolute atomic E-state index is 13.6. The first-order chi connectivity index (χ1) is 29.6. The van der Waals surface area contributed by atoms with E-state index >= 15 is 0 Å². The molecule has 62 heavy (non-hydrogen) atoms. The summed E-state index contributed by atoms with van der Waals surface area (Å²) in [5.41, 5.74) is 0. The molecule has 0 aromatic heterocycles. The van der Waals surface area contributed by atoms with Gasteiger partial charge in [0.25, 0.3) is 0 Å². The van der Waals surface area contributed by atoms with Crippen molar-refractivity contribution in [3.8, 4) is 0 Å². The molecule has 19 atom stereocenters. The quantitative estimate of drug-likeness (QED) is 0.105. The first-order valence-electron chi connectivity index (χ1n) is 23.5. The van der Waals surface area contributed by atoms with E-state index in [2.05, 4.69) is 20.8 Å². The van der Waals surface area contributed by atoms with Gasteiger partial charge in [-0.25, -0.2) is 4.79 Å². The van der Waals surface area contributed by atoms with E-state index in [9.17, 15) is 25.2 Å². The van der Waals surface area contributed by atoms with Crippen molar-refractivity contribution in [2.45, 2.75) is 192 Å². The average molecular weight is 875 g/mol. The van der Waals surface area contributed by atoms with Crippen molar-refractivity contribution in [3.63, 3.8) is 0 Å². The zero-order valence-electron chi connectivity index (χ0n) is 39.3. The lowest BCUT2D eigenvalue weighted by atomic mass is 9.80. The lowest BCUT2D eigenvalue weighted by Crippen LogP contribution is -2.58. The van der Waals surface area contributed by atoms with Crippen LogP contribution in [0.2, 0.25) is 0 Å². The molecule has 3 fully saturated rings. The second kappa shape index (κ2) is 25.5. The monoisotopic (exact) mass is 875 g/mol. The number of aliphatic hydroxyl groups is 4. The number of epoxide rings is 1. The predicted octanol–water partition coefficient (Wildman–Crippen LogP) is 7.18. The topological polar surface area (TPSA) is 166 Å². The summed E-state index contributed by atoms with van der Waals surface area (Å²) in [7, 11) is 4.85. The third kappa shape index (κ3) is 15.2. The molecule has 0 aromatic carbocycles. The van der Waals surface area contributed by atoms with Crippen LogP contribution in [0.3, 0.4) is 0 Å². The molecule has 3 saturated heterocycles. The second-order valence-electron chi connectivity index (χ2n) is 18.8. The van der Waals surface area contributed by atoms with E-state index in [0.717, 1.165) is 25.7 Å². The van der Waals surface area contributed by atoms with Crippen LogP contribution in [0, 0.1) is 35.5 Å². The molecule has 4 rings (SSSR count). The Morgan fingerprint density at radius 2 is 1.45 bits per heavy atom. The van der Waals surface area contributed by atoms with Gasteiger partial charge in [0.15, 0.2) is 5.79 Å². The minimum Gasteiger partial charge on any atom is -0.459 e. The fourth-order valence-electron chi connectivity index (χ4n) is 9.43. The Bertz CT molecular complexity index is 1480. The minimum atomic E-state index is -1.02. The summed E-state index contributed by atoms with van der Waals surface area (Å²) < 4.78 is 43.7. The van der Waals surface area contributed by atoms with E-state index in [4.69, 9.17) is 33.2 Å². The van der Waals surface area contributed by atoms with Gasteiger partial charge in [-0.05, 0) is 31.6 Å². The molecule has 4 heterocycles. The van der Waals surface area contributed by atoms with Crippen LogP contribution >= 0.6 is 0 Å². The number of ether oxygens (including phenoxy) is 7. The maximum atomic E-state index is 13.6. The summed E-state index contributed by atoms with van der Waals surface area (Å²) in [5.74, 6) is -2.23. The number of fused-ring (bicyclic) bond motifs is 2. The Morgan fingerprint density at radius 3 is 2.15 bits per heavy atom. The Kier molecular flexibility index (Phi) is 21.5. The largest absolute Gasteiger partial charge is 0.459 e. The highest BCUT2D eigenvalue weighted by Crippen LogP contribution is 2.47. The fourth-order valence-corrected chi connectivity index (χ4v) is 9.43. The number of esters is 1. The van der Waals surface area contributed by atoms with Gasteiger partial charge in [0.2, 0.25) is 0 Å². The van der Waals surface area contributed by atoms with Crippen molar-refractivity contribution in [3.05, 3.63) is 60.8 Å². The third-order valence-electron chi connectivity index (χ3n) is 14.0. The zero-order chi connectivity index (χ0) is 45.6. The van der Waals surface area contributed by atoms with Gasteiger partial charge in [-0.15, -0.1) is 0 Å². The Hall–Kier alpha value is -2.23. The normalized spacial score (nSPS) is 43.8. The van der Waals surface area contributed by atoms with E-state index < -0.39 is 66.5 Å². The van der Waals surface area contributed by atoms with Crippen LogP contribution < -0.4 is 0 Å². The summed E-state index contributed by atoms with van der Waals surface area (Å²) in [6.45, 7) is 14.3. The smallest absolute Gasteiger partial charge is 0.330 e. The van der Waals surface area contributed by atoms with Crippen molar-refractivity contribution < 1.29 is 58.4 Å². The SMILES string of the molecule is CCCC(C)C1OC1C(OC)C(C)C1CCCC2(CC3OC(=O)/C=C\C(C)C(O)CC(OC)/C=C/C(C)C(O)CC(O)C(OC)C/C=C/C=C\C=C\C(C)C(O)CC(O2)C3C)O1. The first-order valence-corrected chi connectivity index (χ1v) is 23.5. The predicted molar refractivity (Wildman–Crippen MR) is 240 cm³/mol. The average Bonchev–Trinajstić information content (AvgIpc) is 4.04. The minimum absolute atomic E-state index is 0.0154. The number of rotatable bonds is 9. The number of carbonyl (C=O) groups is 1. The van der Waals surface area contributed by atoms with Crippen LogP contribution in [-0.2, 0) is 38.0 Å².